The molecule has 2 atom stereocenters. The molecule has 0 spiro atoms. The molecule has 0 amide bonds. The third-order valence-corrected chi connectivity index (χ3v) is 9.29. The first kappa shape index (κ1) is 27.9. The van der Waals surface area contributed by atoms with Crippen molar-refractivity contribution in [2.45, 2.75) is 64.6 Å². The maximum absolute atomic E-state index is 12.6. The number of nitrogens with one attached hydrogen (secondary N) is 1. The monoisotopic (exact) mass is 596 g/mol. The molecule has 1 saturated heterocycles. The first-order chi connectivity index (χ1) is 19.8. The molecule has 8 nitrogen and oxygen atoms in total. The second-order valence-corrected chi connectivity index (χ2v) is 11.8. The number of ether oxygens (including phenoxy) is 2. The molecule has 0 bridgehead atoms. The van der Waals surface area contributed by atoms with Crippen molar-refractivity contribution in [3.05, 3.63) is 74.0 Å². The van der Waals surface area contributed by atoms with E-state index in [1.807, 2.05) is 53.4 Å². The van der Waals surface area contributed by atoms with Gasteiger partial charge in [-0.1, -0.05) is 23.2 Å². The van der Waals surface area contributed by atoms with Gasteiger partial charge in [0, 0.05) is 39.1 Å². The third kappa shape index (κ3) is 4.96. The molecule has 2 unspecified atom stereocenters. The third-order valence-electron chi connectivity index (χ3n) is 8.37. The van der Waals surface area contributed by atoms with Crippen LogP contribution in [0.3, 0.4) is 0 Å². The number of aryl methyl sites for hydroxylation is 4. The molecule has 3 heterocycles. The van der Waals surface area contributed by atoms with Crippen LogP contribution in [0.2, 0.25) is 10.0 Å². The molecule has 6 rings (SSSR count). The zero-order valence-electron chi connectivity index (χ0n) is 23.5. The minimum atomic E-state index is -0.937. The van der Waals surface area contributed by atoms with Gasteiger partial charge < -0.3 is 24.5 Å². The summed E-state index contributed by atoms with van der Waals surface area (Å²) in [5.41, 5.74) is 5.81. The Morgan fingerprint density at radius 1 is 1.17 bits per heavy atom. The topological polar surface area (TPSA) is 90.5 Å². The van der Waals surface area contributed by atoms with Gasteiger partial charge in [-0.15, -0.1) is 0 Å². The Morgan fingerprint density at radius 3 is 2.63 bits per heavy atom. The second kappa shape index (κ2) is 11.2. The highest BCUT2D eigenvalue weighted by molar-refractivity contribution is 6.32. The lowest BCUT2D eigenvalue weighted by Crippen LogP contribution is -2.20. The summed E-state index contributed by atoms with van der Waals surface area (Å²) in [6, 6.07) is 9.70. The van der Waals surface area contributed by atoms with Crippen LogP contribution in [-0.4, -0.2) is 45.7 Å². The lowest BCUT2D eigenvalue weighted by atomic mass is 9.87. The summed E-state index contributed by atoms with van der Waals surface area (Å²) >= 11 is 13.2. The minimum absolute atomic E-state index is 0.166. The second-order valence-electron chi connectivity index (χ2n) is 11.0. The predicted molar refractivity (Wildman–Crippen MR) is 160 cm³/mol. The van der Waals surface area contributed by atoms with Gasteiger partial charge in [-0.3, -0.25) is 0 Å². The zero-order chi connectivity index (χ0) is 28.8. The number of benzene rings is 2. The van der Waals surface area contributed by atoms with E-state index in [0.717, 1.165) is 69.0 Å². The molecule has 2 aromatic carbocycles. The van der Waals surface area contributed by atoms with Crippen molar-refractivity contribution in [2.24, 2.45) is 0 Å². The Bertz CT molecular complexity index is 1610. The molecule has 1 aliphatic carbocycles. The van der Waals surface area contributed by atoms with Gasteiger partial charge in [0.05, 0.1) is 31.5 Å². The molecule has 2 aromatic heterocycles. The van der Waals surface area contributed by atoms with E-state index in [4.69, 9.17) is 37.8 Å². The van der Waals surface area contributed by atoms with Gasteiger partial charge in [-0.2, -0.15) is 5.10 Å². The van der Waals surface area contributed by atoms with E-state index in [2.05, 4.69) is 5.32 Å². The summed E-state index contributed by atoms with van der Waals surface area (Å²) in [5, 5.41) is 21.1. The van der Waals surface area contributed by atoms with Gasteiger partial charge in [0.2, 0.25) is 5.88 Å². The van der Waals surface area contributed by atoms with Gasteiger partial charge in [-0.25, -0.2) is 9.48 Å². The largest absolute Gasteiger partial charge is 0.494 e. The molecule has 2 N–H and O–H groups in total. The van der Waals surface area contributed by atoms with Gasteiger partial charge in [-0.05, 0) is 93.5 Å². The van der Waals surface area contributed by atoms with Crippen molar-refractivity contribution < 1.29 is 19.4 Å². The Balaban J connectivity index is 1.34. The van der Waals surface area contributed by atoms with E-state index in [1.54, 1.807) is 7.11 Å². The van der Waals surface area contributed by atoms with Gasteiger partial charge in [0.1, 0.15) is 11.4 Å². The fourth-order valence-electron chi connectivity index (χ4n) is 6.52. The SMILES string of the molecule is COc1cc(C2CCCN2)nn1C1CCc2c(C(=O)O)n(CCCOc3cc(C)c(Cl)c(C)c3)c3ccc(Cl)c1c23. The Morgan fingerprint density at radius 2 is 1.95 bits per heavy atom. The summed E-state index contributed by atoms with van der Waals surface area (Å²) in [6.07, 6.45) is 4.06. The molecule has 0 radical (unpaired) electrons. The maximum Gasteiger partial charge on any atom is 0.352 e. The van der Waals surface area contributed by atoms with Crippen LogP contribution in [0.4, 0.5) is 0 Å². The highest BCUT2D eigenvalue weighted by atomic mass is 35.5. The van der Waals surface area contributed by atoms with Gasteiger partial charge >= 0.3 is 5.97 Å². The lowest BCUT2D eigenvalue weighted by Gasteiger charge is -2.26. The van der Waals surface area contributed by atoms with E-state index in [-0.39, 0.29) is 12.1 Å². The maximum atomic E-state index is 12.6. The fourth-order valence-corrected chi connectivity index (χ4v) is 6.92. The fraction of sp³-hybridized carbons (Fsp3) is 0.419. The normalized spacial score (nSPS) is 18.3. The van der Waals surface area contributed by atoms with Crippen LogP contribution >= 0.6 is 23.2 Å². The zero-order valence-corrected chi connectivity index (χ0v) is 25.0. The number of aromatic carboxylic acids is 1. The quantitative estimate of drug-likeness (QED) is 0.204. The molecule has 41 heavy (non-hydrogen) atoms. The molecule has 216 valence electrons. The smallest absolute Gasteiger partial charge is 0.352 e. The van der Waals surface area contributed by atoms with Crippen molar-refractivity contribution in [3.63, 3.8) is 0 Å². The summed E-state index contributed by atoms with van der Waals surface area (Å²) in [6.45, 7) is 5.83. The van der Waals surface area contributed by atoms with Gasteiger partial charge in [0.15, 0.2) is 0 Å². The first-order valence-electron chi connectivity index (χ1n) is 14.1. The van der Waals surface area contributed by atoms with Crippen molar-refractivity contribution in [3.8, 4) is 11.6 Å². The minimum Gasteiger partial charge on any atom is -0.494 e. The van der Waals surface area contributed by atoms with Crippen LogP contribution in [0.15, 0.2) is 30.3 Å². The van der Waals surface area contributed by atoms with E-state index in [0.29, 0.717) is 49.0 Å². The average molecular weight is 598 g/mol. The Labute approximate surface area is 249 Å². The molecule has 2 aliphatic rings. The van der Waals surface area contributed by atoms with Crippen LogP contribution in [0, 0.1) is 13.8 Å². The highest BCUT2D eigenvalue weighted by Crippen LogP contribution is 2.45. The van der Waals surface area contributed by atoms with Crippen LogP contribution in [-0.2, 0) is 13.0 Å². The van der Waals surface area contributed by atoms with Gasteiger partial charge in [0.25, 0.3) is 0 Å². The van der Waals surface area contributed by atoms with Crippen LogP contribution in [0.1, 0.15) is 76.2 Å². The number of halogens is 2. The average Bonchev–Trinajstić information content (AvgIpc) is 3.69. The number of carboxylic acids is 1. The van der Waals surface area contributed by atoms with Crippen molar-refractivity contribution >= 4 is 40.1 Å². The number of hydrogen-bond donors (Lipinski definition) is 2. The number of methoxy groups -OCH3 is 1. The number of aromatic nitrogens is 3. The van der Waals surface area contributed by atoms with E-state index in [9.17, 15) is 9.90 Å². The Kier molecular flexibility index (Phi) is 7.66. The van der Waals surface area contributed by atoms with Crippen molar-refractivity contribution in [1.29, 1.82) is 0 Å². The first-order valence-corrected chi connectivity index (χ1v) is 14.9. The van der Waals surface area contributed by atoms with Crippen LogP contribution < -0.4 is 14.8 Å². The van der Waals surface area contributed by atoms with Crippen LogP contribution in [0.5, 0.6) is 11.6 Å². The number of carbonyl (C=O) groups is 1. The number of nitrogens with zero attached hydrogens (tertiary/aromatic N) is 3. The van der Waals surface area contributed by atoms with E-state index < -0.39 is 5.97 Å². The predicted octanol–water partition coefficient (Wildman–Crippen LogP) is 6.90. The van der Waals surface area contributed by atoms with Crippen molar-refractivity contribution in [1.82, 2.24) is 19.7 Å². The van der Waals surface area contributed by atoms with E-state index >= 15 is 0 Å². The number of hydrogen-bond acceptors (Lipinski definition) is 5. The summed E-state index contributed by atoms with van der Waals surface area (Å²) in [7, 11) is 1.66. The molecule has 1 fully saturated rings. The molecule has 10 heteroatoms. The standard InChI is InChI=1S/C31H34Cl2N4O4/c1-17-14-19(15-18(2)29(17)33)41-13-5-12-36-24-10-8-21(32)28-25(9-7-20(27(24)28)30(36)31(38)39)37-26(40-3)16-23(35-37)22-6-4-11-34-22/h8,10,14-16,22,25,34H,4-7,9,11-13H2,1-3H3,(H,38,39). The number of carboxylic acid groups (broad SMARTS) is 1. The molecular formula is C31H34Cl2N4O4. The summed E-state index contributed by atoms with van der Waals surface area (Å²) in [4.78, 5) is 12.6. The highest BCUT2D eigenvalue weighted by Gasteiger charge is 2.35. The summed E-state index contributed by atoms with van der Waals surface area (Å²) < 4.78 is 15.6. The Hall–Kier alpha value is -3.20. The molecule has 0 saturated carbocycles. The van der Waals surface area contributed by atoms with E-state index in [1.165, 1.54) is 0 Å². The molecular weight excluding hydrogens is 563 g/mol. The van der Waals surface area contributed by atoms with Crippen LogP contribution in [0.25, 0.3) is 10.9 Å². The number of rotatable bonds is 9. The molecule has 1 aliphatic heterocycles. The summed E-state index contributed by atoms with van der Waals surface area (Å²) in [5.74, 6) is 0.502. The van der Waals surface area contributed by atoms with Crippen molar-refractivity contribution in [2.75, 3.05) is 20.3 Å². The molecule has 4 aromatic rings. The lowest BCUT2D eigenvalue weighted by molar-refractivity contribution is 0.0683.